The van der Waals surface area contributed by atoms with Crippen LogP contribution in [-0.2, 0) is 14.4 Å². The molecule has 2 saturated heterocycles. The smallest absolute Gasteiger partial charge is 0.230 e. The minimum absolute atomic E-state index is 0.0592. The number of piperazine rings is 1. The topological polar surface area (TPSA) is 69.7 Å². The minimum atomic E-state index is -0.521. The summed E-state index contributed by atoms with van der Waals surface area (Å²) in [5.41, 5.74) is 3.05. The first-order chi connectivity index (χ1) is 14.6. The third kappa shape index (κ3) is 4.69. The zero-order chi connectivity index (χ0) is 20.9. The second-order valence-electron chi connectivity index (χ2n) is 7.55. The van der Waals surface area contributed by atoms with Crippen molar-refractivity contribution in [3.05, 3.63) is 65.7 Å². The van der Waals surface area contributed by atoms with Crippen molar-refractivity contribution in [2.45, 2.75) is 12.8 Å². The Bertz CT molecular complexity index is 997. The van der Waals surface area contributed by atoms with Crippen LogP contribution in [0.4, 0.5) is 5.69 Å². The highest BCUT2D eigenvalue weighted by atomic mass is 16.2. The summed E-state index contributed by atoms with van der Waals surface area (Å²) in [6.07, 6.45) is 0.219. The van der Waals surface area contributed by atoms with E-state index < -0.39 is 5.92 Å². The Labute approximate surface area is 175 Å². The zero-order valence-electron chi connectivity index (χ0n) is 16.6. The van der Waals surface area contributed by atoms with E-state index in [4.69, 9.17) is 0 Å². The Kier molecular flexibility index (Phi) is 5.80. The molecule has 2 aliphatic rings. The van der Waals surface area contributed by atoms with Crippen LogP contribution in [0.25, 0.3) is 0 Å². The zero-order valence-corrected chi connectivity index (χ0v) is 16.6. The van der Waals surface area contributed by atoms with Gasteiger partial charge in [-0.2, -0.15) is 0 Å². The van der Waals surface area contributed by atoms with Gasteiger partial charge in [0.1, 0.15) is 0 Å². The normalized spacial score (nSPS) is 18.6. The number of hydrogen-bond donors (Lipinski definition) is 1. The molecule has 0 bridgehead atoms. The summed E-state index contributed by atoms with van der Waals surface area (Å²) in [5.74, 6) is 5.13. The van der Waals surface area contributed by atoms with Gasteiger partial charge in [0.05, 0.1) is 5.92 Å². The summed E-state index contributed by atoms with van der Waals surface area (Å²) >= 11 is 0. The van der Waals surface area contributed by atoms with Crippen molar-refractivity contribution >= 4 is 23.4 Å². The maximum Gasteiger partial charge on any atom is 0.230 e. The molecule has 2 aromatic carbocycles. The Morgan fingerprint density at radius 3 is 2.13 bits per heavy atom. The highest BCUT2D eigenvalue weighted by Gasteiger charge is 2.34. The van der Waals surface area contributed by atoms with E-state index in [0.717, 1.165) is 29.9 Å². The van der Waals surface area contributed by atoms with E-state index in [1.54, 1.807) is 4.90 Å². The van der Waals surface area contributed by atoms with E-state index in [2.05, 4.69) is 34.2 Å². The van der Waals surface area contributed by atoms with Gasteiger partial charge in [-0.1, -0.05) is 30.0 Å². The van der Waals surface area contributed by atoms with Crippen LogP contribution < -0.4 is 10.2 Å². The minimum Gasteiger partial charge on any atom is -0.368 e. The Morgan fingerprint density at radius 1 is 0.900 bits per heavy atom. The van der Waals surface area contributed by atoms with Crippen molar-refractivity contribution in [3.8, 4) is 11.8 Å². The summed E-state index contributed by atoms with van der Waals surface area (Å²) in [6, 6.07) is 18.0. The highest BCUT2D eigenvalue weighted by molar-refractivity contribution is 6.04. The second kappa shape index (κ2) is 8.83. The number of imide groups is 1. The van der Waals surface area contributed by atoms with Crippen molar-refractivity contribution in [2.75, 3.05) is 31.1 Å². The molecule has 0 spiro atoms. The summed E-state index contributed by atoms with van der Waals surface area (Å²) in [4.78, 5) is 39.5. The SMILES string of the molecule is O=C1CC(CC(=O)N2CCN(c3ccc(C#Cc4ccccc4)cc3)CC2)C(=O)N1. The van der Waals surface area contributed by atoms with Crippen LogP contribution in [0.3, 0.4) is 0 Å². The lowest BCUT2D eigenvalue weighted by Gasteiger charge is -2.36. The van der Waals surface area contributed by atoms with Crippen LogP contribution in [0.5, 0.6) is 0 Å². The molecule has 0 aliphatic carbocycles. The van der Waals surface area contributed by atoms with Crippen LogP contribution in [0.1, 0.15) is 24.0 Å². The van der Waals surface area contributed by atoms with Crippen LogP contribution in [0, 0.1) is 17.8 Å². The van der Waals surface area contributed by atoms with Gasteiger partial charge in [-0.05, 0) is 36.4 Å². The summed E-state index contributed by atoms with van der Waals surface area (Å²) in [6.45, 7) is 2.68. The van der Waals surface area contributed by atoms with E-state index >= 15 is 0 Å². The number of benzene rings is 2. The summed E-state index contributed by atoms with van der Waals surface area (Å²) in [7, 11) is 0. The average molecular weight is 401 g/mol. The first kappa shape index (κ1) is 19.7. The second-order valence-corrected chi connectivity index (χ2v) is 7.55. The third-order valence-electron chi connectivity index (χ3n) is 5.48. The molecular weight excluding hydrogens is 378 g/mol. The largest absolute Gasteiger partial charge is 0.368 e. The highest BCUT2D eigenvalue weighted by Crippen LogP contribution is 2.20. The van der Waals surface area contributed by atoms with Gasteiger partial charge in [0.25, 0.3) is 0 Å². The first-order valence-electron chi connectivity index (χ1n) is 10.1. The molecule has 6 heteroatoms. The lowest BCUT2D eigenvalue weighted by Crippen LogP contribution is -2.49. The summed E-state index contributed by atoms with van der Waals surface area (Å²) < 4.78 is 0. The van der Waals surface area contributed by atoms with Crippen LogP contribution in [-0.4, -0.2) is 48.8 Å². The number of carbonyl (C=O) groups excluding carboxylic acids is 3. The van der Waals surface area contributed by atoms with Gasteiger partial charge in [0.2, 0.25) is 17.7 Å². The van der Waals surface area contributed by atoms with Crippen molar-refractivity contribution < 1.29 is 14.4 Å². The van der Waals surface area contributed by atoms with Crippen molar-refractivity contribution in [1.29, 1.82) is 0 Å². The van der Waals surface area contributed by atoms with Gasteiger partial charge < -0.3 is 9.80 Å². The van der Waals surface area contributed by atoms with Gasteiger partial charge in [-0.15, -0.1) is 0 Å². The molecule has 2 aliphatic heterocycles. The number of rotatable bonds is 3. The molecule has 2 aromatic rings. The molecule has 152 valence electrons. The molecule has 2 fully saturated rings. The van der Waals surface area contributed by atoms with Crippen molar-refractivity contribution in [2.24, 2.45) is 5.92 Å². The summed E-state index contributed by atoms with van der Waals surface area (Å²) in [5, 5.41) is 2.26. The monoisotopic (exact) mass is 401 g/mol. The number of nitrogens with one attached hydrogen (secondary N) is 1. The first-order valence-corrected chi connectivity index (χ1v) is 10.1. The van der Waals surface area contributed by atoms with E-state index in [-0.39, 0.29) is 30.6 Å². The van der Waals surface area contributed by atoms with E-state index in [1.165, 1.54) is 0 Å². The Morgan fingerprint density at radius 2 is 1.53 bits per heavy atom. The van der Waals surface area contributed by atoms with Gasteiger partial charge in [0, 0.05) is 55.8 Å². The predicted octanol–water partition coefficient (Wildman–Crippen LogP) is 1.79. The van der Waals surface area contributed by atoms with Gasteiger partial charge in [-0.25, -0.2) is 0 Å². The molecule has 0 aromatic heterocycles. The molecule has 6 nitrogen and oxygen atoms in total. The number of anilines is 1. The van der Waals surface area contributed by atoms with Crippen molar-refractivity contribution in [3.63, 3.8) is 0 Å². The van der Waals surface area contributed by atoms with Crippen LogP contribution in [0.15, 0.2) is 54.6 Å². The number of nitrogens with zero attached hydrogens (tertiary/aromatic N) is 2. The molecule has 30 heavy (non-hydrogen) atoms. The Hall–Kier alpha value is -3.59. The molecule has 1 atom stereocenters. The molecule has 3 amide bonds. The molecule has 1 N–H and O–H groups in total. The molecule has 4 rings (SSSR count). The predicted molar refractivity (Wildman–Crippen MR) is 114 cm³/mol. The van der Waals surface area contributed by atoms with E-state index in [9.17, 15) is 14.4 Å². The van der Waals surface area contributed by atoms with E-state index in [0.29, 0.717) is 13.1 Å². The van der Waals surface area contributed by atoms with E-state index in [1.807, 2.05) is 42.5 Å². The van der Waals surface area contributed by atoms with Crippen molar-refractivity contribution in [1.82, 2.24) is 10.2 Å². The van der Waals surface area contributed by atoms with Crippen LogP contribution in [0.2, 0.25) is 0 Å². The average Bonchev–Trinajstić information content (AvgIpc) is 3.10. The third-order valence-corrected chi connectivity index (χ3v) is 5.48. The lowest BCUT2D eigenvalue weighted by molar-refractivity contribution is -0.135. The maximum atomic E-state index is 12.5. The fourth-order valence-corrected chi connectivity index (χ4v) is 3.75. The van der Waals surface area contributed by atoms with Gasteiger partial charge in [0.15, 0.2) is 0 Å². The van der Waals surface area contributed by atoms with Gasteiger partial charge >= 0.3 is 0 Å². The van der Waals surface area contributed by atoms with Crippen LogP contribution >= 0.6 is 0 Å². The quantitative estimate of drug-likeness (QED) is 0.629. The standard InChI is InChI=1S/C24H23N3O3/c28-22-16-20(24(30)25-22)17-23(29)27-14-12-26(13-15-27)21-10-8-19(9-11-21)7-6-18-4-2-1-3-5-18/h1-5,8-11,20H,12-17H2,(H,25,28,30). The Balaban J connectivity index is 1.30. The number of hydrogen-bond acceptors (Lipinski definition) is 4. The molecule has 1 unspecified atom stereocenters. The number of carbonyl (C=O) groups is 3. The molecule has 0 radical (unpaired) electrons. The molecule has 2 heterocycles. The fraction of sp³-hybridized carbons (Fsp3) is 0.292. The number of amides is 3. The molecular formula is C24H23N3O3. The maximum absolute atomic E-state index is 12.5. The molecule has 0 saturated carbocycles. The lowest BCUT2D eigenvalue weighted by atomic mass is 10.0. The van der Waals surface area contributed by atoms with Gasteiger partial charge in [-0.3, -0.25) is 19.7 Å². The fourth-order valence-electron chi connectivity index (χ4n) is 3.75.